The minimum Gasteiger partial charge on any atom is -0.469 e. The maximum absolute atomic E-state index is 11.5. The average molecular weight is 265 g/mol. The van der Waals surface area contributed by atoms with Gasteiger partial charge in [-0.2, -0.15) is 0 Å². The van der Waals surface area contributed by atoms with Gasteiger partial charge < -0.3 is 9.47 Å². The van der Waals surface area contributed by atoms with Crippen molar-refractivity contribution in [1.29, 1.82) is 0 Å². The molecule has 0 saturated carbocycles. The van der Waals surface area contributed by atoms with Crippen LogP contribution in [0, 0.1) is 5.92 Å². The number of methoxy groups -OCH3 is 2. The molecule has 0 saturated heterocycles. The maximum atomic E-state index is 11.5. The molecule has 0 unspecified atom stereocenters. The summed E-state index contributed by atoms with van der Waals surface area (Å²) in [6.45, 7) is 4.82. The maximum Gasteiger partial charge on any atom is 0.309 e. The van der Waals surface area contributed by atoms with Crippen LogP contribution >= 0.6 is 0 Å². The van der Waals surface area contributed by atoms with Gasteiger partial charge in [-0.3, -0.25) is 9.69 Å². The Bertz CT molecular complexity index is 367. The third-order valence-electron chi connectivity index (χ3n) is 3.00. The number of nitrogens with zero attached hydrogens (tertiary/aromatic N) is 1. The van der Waals surface area contributed by atoms with Gasteiger partial charge in [-0.05, 0) is 5.56 Å². The van der Waals surface area contributed by atoms with Gasteiger partial charge in [-0.15, -0.1) is 0 Å². The summed E-state index contributed by atoms with van der Waals surface area (Å²) in [6, 6.07) is 10.2. The highest BCUT2D eigenvalue weighted by molar-refractivity contribution is 5.72. The normalized spacial score (nSPS) is 12.4. The molecular formula is C15H23NO3. The van der Waals surface area contributed by atoms with E-state index in [-0.39, 0.29) is 11.9 Å². The lowest BCUT2D eigenvalue weighted by Gasteiger charge is -2.24. The van der Waals surface area contributed by atoms with Gasteiger partial charge in [-0.1, -0.05) is 37.3 Å². The topological polar surface area (TPSA) is 38.8 Å². The first-order valence-electron chi connectivity index (χ1n) is 6.50. The van der Waals surface area contributed by atoms with Gasteiger partial charge in [0.1, 0.15) is 0 Å². The predicted octanol–water partition coefficient (Wildman–Crippen LogP) is 1.94. The third kappa shape index (κ3) is 5.85. The molecule has 4 heteroatoms. The van der Waals surface area contributed by atoms with E-state index in [9.17, 15) is 4.79 Å². The number of carbonyl (C=O) groups excluding carboxylic acids is 1. The van der Waals surface area contributed by atoms with Crippen LogP contribution in [0.1, 0.15) is 12.5 Å². The molecule has 1 aromatic rings. The van der Waals surface area contributed by atoms with Crippen molar-refractivity contribution in [3.63, 3.8) is 0 Å². The largest absolute Gasteiger partial charge is 0.469 e. The minimum absolute atomic E-state index is 0.134. The van der Waals surface area contributed by atoms with Crippen LogP contribution in [0.2, 0.25) is 0 Å². The van der Waals surface area contributed by atoms with Crippen molar-refractivity contribution in [2.45, 2.75) is 13.5 Å². The van der Waals surface area contributed by atoms with Gasteiger partial charge in [0.05, 0.1) is 19.6 Å². The Hall–Kier alpha value is -1.39. The van der Waals surface area contributed by atoms with Gasteiger partial charge in [0, 0.05) is 26.7 Å². The monoisotopic (exact) mass is 265 g/mol. The minimum atomic E-state index is -0.171. The molecule has 19 heavy (non-hydrogen) atoms. The summed E-state index contributed by atoms with van der Waals surface area (Å²) >= 11 is 0. The van der Waals surface area contributed by atoms with Crippen LogP contribution in [-0.2, 0) is 20.8 Å². The lowest BCUT2D eigenvalue weighted by Crippen LogP contribution is -2.34. The van der Waals surface area contributed by atoms with Crippen LogP contribution in [0.4, 0.5) is 0 Å². The van der Waals surface area contributed by atoms with Crippen molar-refractivity contribution < 1.29 is 14.3 Å². The molecule has 1 rings (SSSR count). The van der Waals surface area contributed by atoms with Crippen molar-refractivity contribution in [3.05, 3.63) is 35.9 Å². The second kappa shape index (κ2) is 8.67. The highest BCUT2D eigenvalue weighted by Crippen LogP contribution is 2.08. The fraction of sp³-hybridized carbons (Fsp3) is 0.533. The first-order chi connectivity index (χ1) is 9.17. The number of rotatable bonds is 8. The number of benzene rings is 1. The summed E-state index contributed by atoms with van der Waals surface area (Å²) in [5.41, 5.74) is 1.23. The van der Waals surface area contributed by atoms with E-state index < -0.39 is 0 Å². The Morgan fingerprint density at radius 2 is 1.95 bits per heavy atom. The summed E-state index contributed by atoms with van der Waals surface area (Å²) in [7, 11) is 3.11. The zero-order valence-corrected chi connectivity index (χ0v) is 12.0. The van der Waals surface area contributed by atoms with Gasteiger partial charge in [0.2, 0.25) is 0 Å². The van der Waals surface area contributed by atoms with Crippen LogP contribution in [0.15, 0.2) is 30.3 Å². The van der Waals surface area contributed by atoms with Crippen LogP contribution < -0.4 is 0 Å². The Kier molecular flexibility index (Phi) is 7.15. The number of hydrogen-bond acceptors (Lipinski definition) is 4. The number of hydrogen-bond donors (Lipinski definition) is 0. The molecule has 0 aliphatic carbocycles. The van der Waals surface area contributed by atoms with E-state index in [1.165, 1.54) is 12.7 Å². The molecule has 0 heterocycles. The molecule has 0 N–H and O–H groups in total. The van der Waals surface area contributed by atoms with Gasteiger partial charge in [0.25, 0.3) is 0 Å². The molecule has 1 atom stereocenters. The third-order valence-corrected chi connectivity index (χ3v) is 3.00. The van der Waals surface area contributed by atoms with Crippen molar-refractivity contribution >= 4 is 5.97 Å². The summed E-state index contributed by atoms with van der Waals surface area (Å²) in [5, 5.41) is 0. The predicted molar refractivity (Wildman–Crippen MR) is 74.8 cm³/mol. The number of carbonyl (C=O) groups is 1. The highest BCUT2D eigenvalue weighted by Gasteiger charge is 2.17. The number of esters is 1. The molecule has 1 aromatic carbocycles. The van der Waals surface area contributed by atoms with Crippen molar-refractivity contribution in [2.24, 2.45) is 5.92 Å². The van der Waals surface area contributed by atoms with Gasteiger partial charge >= 0.3 is 5.97 Å². The van der Waals surface area contributed by atoms with Crippen LogP contribution in [-0.4, -0.2) is 44.8 Å². The molecular weight excluding hydrogens is 242 g/mol. The van der Waals surface area contributed by atoms with E-state index in [4.69, 9.17) is 9.47 Å². The van der Waals surface area contributed by atoms with Crippen molar-refractivity contribution in [1.82, 2.24) is 4.90 Å². The quantitative estimate of drug-likeness (QED) is 0.673. The number of ether oxygens (including phenoxy) is 2. The molecule has 0 aliphatic heterocycles. The molecule has 0 amide bonds. The molecule has 0 aromatic heterocycles. The first kappa shape index (κ1) is 15.7. The zero-order valence-electron chi connectivity index (χ0n) is 12.0. The molecule has 0 spiro atoms. The van der Waals surface area contributed by atoms with E-state index in [1.54, 1.807) is 7.11 Å². The van der Waals surface area contributed by atoms with Crippen molar-refractivity contribution in [3.8, 4) is 0 Å². The Labute approximate surface area is 115 Å². The summed E-state index contributed by atoms with van der Waals surface area (Å²) in [5.74, 6) is -0.305. The smallest absolute Gasteiger partial charge is 0.309 e. The highest BCUT2D eigenvalue weighted by atomic mass is 16.5. The average Bonchev–Trinajstić information content (AvgIpc) is 2.44. The Balaban J connectivity index is 2.58. The lowest BCUT2D eigenvalue weighted by atomic mass is 10.1. The standard InChI is InChI=1S/C15H23NO3/c1-13(15(17)19-3)11-16(9-10-18-2)12-14-7-5-4-6-8-14/h4-8,13H,9-12H2,1-3H3/t13-/m0/s1. The zero-order chi connectivity index (χ0) is 14.1. The van der Waals surface area contributed by atoms with E-state index >= 15 is 0 Å². The van der Waals surface area contributed by atoms with E-state index in [0.717, 1.165) is 13.1 Å². The fourth-order valence-electron chi connectivity index (χ4n) is 1.96. The fourth-order valence-corrected chi connectivity index (χ4v) is 1.96. The van der Waals surface area contributed by atoms with E-state index in [0.29, 0.717) is 13.2 Å². The van der Waals surface area contributed by atoms with Crippen LogP contribution in [0.25, 0.3) is 0 Å². The summed E-state index contributed by atoms with van der Waals surface area (Å²) in [4.78, 5) is 13.7. The SMILES string of the molecule is COCCN(Cc1ccccc1)C[C@H](C)C(=O)OC. The Morgan fingerprint density at radius 1 is 1.26 bits per heavy atom. The molecule has 0 bridgehead atoms. The molecule has 0 radical (unpaired) electrons. The Morgan fingerprint density at radius 3 is 2.53 bits per heavy atom. The van der Waals surface area contributed by atoms with Crippen LogP contribution in [0.3, 0.4) is 0 Å². The van der Waals surface area contributed by atoms with Crippen LogP contribution in [0.5, 0.6) is 0 Å². The van der Waals surface area contributed by atoms with Gasteiger partial charge in [0.15, 0.2) is 0 Å². The molecule has 0 aliphatic rings. The lowest BCUT2D eigenvalue weighted by molar-refractivity contribution is -0.145. The molecule has 106 valence electrons. The van der Waals surface area contributed by atoms with Gasteiger partial charge in [-0.25, -0.2) is 0 Å². The molecule has 4 nitrogen and oxygen atoms in total. The summed E-state index contributed by atoms with van der Waals surface area (Å²) < 4.78 is 9.89. The van der Waals surface area contributed by atoms with E-state index in [2.05, 4.69) is 17.0 Å². The second-order valence-corrected chi connectivity index (χ2v) is 4.64. The van der Waals surface area contributed by atoms with Crippen molar-refractivity contribution in [2.75, 3.05) is 33.9 Å². The first-order valence-corrected chi connectivity index (χ1v) is 6.50. The summed E-state index contributed by atoms with van der Waals surface area (Å²) in [6.07, 6.45) is 0. The molecule has 0 fully saturated rings. The van der Waals surface area contributed by atoms with E-state index in [1.807, 2.05) is 25.1 Å². The second-order valence-electron chi connectivity index (χ2n) is 4.64.